The number of ether oxygens (including phenoxy) is 1. The van der Waals surface area contributed by atoms with Gasteiger partial charge >= 0.3 is 0 Å². The summed E-state index contributed by atoms with van der Waals surface area (Å²) in [6, 6.07) is 6.91. The van der Waals surface area contributed by atoms with Crippen molar-refractivity contribution in [1.29, 1.82) is 0 Å². The van der Waals surface area contributed by atoms with Gasteiger partial charge in [-0.3, -0.25) is 0 Å². The second-order valence-corrected chi connectivity index (χ2v) is 5.25. The molecular weight excluding hydrogens is 210 g/mol. The SMILES string of the molecule is COCCNCC1(c2ccc(C)c(C)c2)CC1. The Hall–Kier alpha value is -0.860. The van der Waals surface area contributed by atoms with Gasteiger partial charge in [-0.2, -0.15) is 0 Å². The molecule has 0 radical (unpaired) electrons. The summed E-state index contributed by atoms with van der Waals surface area (Å²) in [5, 5.41) is 3.50. The van der Waals surface area contributed by atoms with E-state index in [2.05, 4.69) is 37.4 Å². The third kappa shape index (κ3) is 2.88. The van der Waals surface area contributed by atoms with Crippen molar-refractivity contribution in [3.63, 3.8) is 0 Å². The van der Waals surface area contributed by atoms with Crippen molar-refractivity contribution in [2.45, 2.75) is 32.1 Å². The second-order valence-electron chi connectivity index (χ2n) is 5.25. The molecular formula is C15H23NO. The Morgan fingerprint density at radius 3 is 2.59 bits per heavy atom. The van der Waals surface area contributed by atoms with Gasteiger partial charge < -0.3 is 10.1 Å². The molecule has 1 aliphatic rings. The van der Waals surface area contributed by atoms with Gasteiger partial charge in [0, 0.05) is 25.6 Å². The monoisotopic (exact) mass is 233 g/mol. The highest BCUT2D eigenvalue weighted by atomic mass is 16.5. The molecule has 0 unspecified atom stereocenters. The number of benzene rings is 1. The molecule has 1 aromatic rings. The minimum absolute atomic E-state index is 0.409. The number of nitrogens with one attached hydrogen (secondary N) is 1. The predicted molar refractivity (Wildman–Crippen MR) is 71.6 cm³/mol. The van der Waals surface area contributed by atoms with Crippen molar-refractivity contribution >= 4 is 0 Å². The van der Waals surface area contributed by atoms with E-state index in [1.165, 1.54) is 29.5 Å². The van der Waals surface area contributed by atoms with Gasteiger partial charge in [-0.25, -0.2) is 0 Å². The van der Waals surface area contributed by atoms with Crippen LogP contribution < -0.4 is 5.32 Å². The molecule has 0 spiro atoms. The van der Waals surface area contributed by atoms with Crippen molar-refractivity contribution in [2.75, 3.05) is 26.8 Å². The minimum Gasteiger partial charge on any atom is -0.383 e. The molecule has 0 saturated heterocycles. The van der Waals surface area contributed by atoms with E-state index in [0.717, 1.165) is 19.7 Å². The topological polar surface area (TPSA) is 21.3 Å². The molecule has 0 heterocycles. The average Bonchev–Trinajstić information content (AvgIpc) is 3.09. The first-order valence-electron chi connectivity index (χ1n) is 6.45. The van der Waals surface area contributed by atoms with E-state index in [0.29, 0.717) is 5.41 Å². The lowest BCUT2D eigenvalue weighted by Crippen LogP contribution is -2.29. The molecule has 0 bridgehead atoms. The van der Waals surface area contributed by atoms with Crippen LogP contribution in [-0.4, -0.2) is 26.8 Å². The number of aryl methyl sites for hydroxylation is 2. The molecule has 0 amide bonds. The molecule has 2 heteroatoms. The van der Waals surface area contributed by atoms with Crippen LogP contribution in [0.3, 0.4) is 0 Å². The first-order valence-corrected chi connectivity index (χ1v) is 6.45. The maximum Gasteiger partial charge on any atom is 0.0587 e. The highest BCUT2D eigenvalue weighted by Crippen LogP contribution is 2.47. The molecule has 2 nitrogen and oxygen atoms in total. The lowest BCUT2D eigenvalue weighted by atomic mass is 9.93. The third-order valence-electron chi connectivity index (χ3n) is 3.92. The molecule has 1 saturated carbocycles. The highest BCUT2D eigenvalue weighted by molar-refractivity contribution is 5.38. The average molecular weight is 233 g/mol. The normalized spacial score (nSPS) is 17.1. The van der Waals surface area contributed by atoms with Gasteiger partial charge in [0.15, 0.2) is 0 Å². The lowest BCUT2D eigenvalue weighted by Gasteiger charge is -2.18. The van der Waals surface area contributed by atoms with Crippen LogP contribution in [0, 0.1) is 13.8 Å². The second kappa shape index (κ2) is 5.19. The standard InChI is InChI=1S/C15H23NO/c1-12-4-5-14(10-13(12)2)15(6-7-15)11-16-8-9-17-3/h4-5,10,16H,6-9,11H2,1-3H3. The molecule has 94 valence electrons. The van der Waals surface area contributed by atoms with Crippen LogP contribution in [0.25, 0.3) is 0 Å². The lowest BCUT2D eigenvalue weighted by molar-refractivity contribution is 0.198. The zero-order valence-corrected chi connectivity index (χ0v) is 11.2. The molecule has 1 N–H and O–H groups in total. The van der Waals surface area contributed by atoms with Gasteiger partial charge in [0.05, 0.1) is 6.61 Å². The van der Waals surface area contributed by atoms with Crippen LogP contribution in [0.2, 0.25) is 0 Å². The Bertz CT molecular complexity index is 383. The summed E-state index contributed by atoms with van der Waals surface area (Å²) in [5.41, 5.74) is 4.71. The van der Waals surface area contributed by atoms with Crippen LogP contribution in [0.5, 0.6) is 0 Å². The maximum atomic E-state index is 5.06. The Kier molecular flexibility index (Phi) is 3.85. The Balaban J connectivity index is 1.98. The Labute approximate surface area is 104 Å². The van der Waals surface area contributed by atoms with Crippen LogP contribution in [0.1, 0.15) is 29.5 Å². The van der Waals surface area contributed by atoms with E-state index in [-0.39, 0.29) is 0 Å². The number of hydrogen-bond donors (Lipinski definition) is 1. The van der Waals surface area contributed by atoms with Crippen molar-refractivity contribution in [3.8, 4) is 0 Å². The summed E-state index contributed by atoms with van der Waals surface area (Å²) in [6.45, 7) is 7.20. The molecule has 0 aromatic heterocycles. The largest absolute Gasteiger partial charge is 0.383 e. The fraction of sp³-hybridized carbons (Fsp3) is 0.600. The minimum atomic E-state index is 0.409. The summed E-state index contributed by atoms with van der Waals surface area (Å²) < 4.78 is 5.06. The summed E-state index contributed by atoms with van der Waals surface area (Å²) >= 11 is 0. The van der Waals surface area contributed by atoms with E-state index in [4.69, 9.17) is 4.74 Å². The number of rotatable bonds is 6. The zero-order chi connectivity index (χ0) is 12.3. The summed E-state index contributed by atoms with van der Waals surface area (Å²) in [7, 11) is 1.75. The fourth-order valence-electron chi connectivity index (χ4n) is 2.29. The van der Waals surface area contributed by atoms with E-state index in [9.17, 15) is 0 Å². The summed E-state index contributed by atoms with van der Waals surface area (Å²) in [6.07, 6.45) is 2.63. The molecule has 1 fully saturated rings. The van der Waals surface area contributed by atoms with Crippen molar-refractivity contribution in [2.24, 2.45) is 0 Å². The predicted octanol–water partition coefficient (Wildman–Crippen LogP) is 2.57. The smallest absolute Gasteiger partial charge is 0.0587 e. The third-order valence-corrected chi connectivity index (χ3v) is 3.92. The van der Waals surface area contributed by atoms with E-state index in [1.807, 2.05) is 0 Å². The van der Waals surface area contributed by atoms with Gasteiger partial charge in [-0.05, 0) is 43.4 Å². The molecule has 1 aromatic carbocycles. The first-order chi connectivity index (χ1) is 8.18. The van der Waals surface area contributed by atoms with Crippen LogP contribution in [0.4, 0.5) is 0 Å². The molecule has 0 aliphatic heterocycles. The van der Waals surface area contributed by atoms with Gasteiger partial charge in [0.1, 0.15) is 0 Å². The highest BCUT2D eigenvalue weighted by Gasteiger charge is 2.43. The van der Waals surface area contributed by atoms with Crippen LogP contribution >= 0.6 is 0 Å². The number of hydrogen-bond acceptors (Lipinski definition) is 2. The van der Waals surface area contributed by atoms with Crippen molar-refractivity contribution in [3.05, 3.63) is 34.9 Å². The first kappa shape index (κ1) is 12.6. The van der Waals surface area contributed by atoms with Gasteiger partial charge in [0.2, 0.25) is 0 Å². The number of methoxy groups -OCH3 is 1. The van der Waals surface area contributed by atoms with E-state index >= 15 is 0 Å². The molecule has 2 rings (SSSR count). The quantitative estimate of drug-likeness (QED) is 0.763. The van der Waals surface area contributed by atoms with E-state index < -0.39 is 0 Å². The zero-order valence-electron chi connectivity index (χ0n) is 11.2. The molecule has 0 atom stereocenters. The van der Waals surface area contributed by atoms with Crippen LogP contribution in [-0.2, 0) is 10.2 Å². The molecule has 17 heavy (non-hydrogen) atoms. The Morgan fingerprint density at radius 1 is 1.24 bits per heavy atom. The van der Waals surface area contributed by atoms with Gasteiger partial charge in [-0.1, -0.05) is 18.2 Å². The summed E-state index contributed by atoms with van der Waals surface area (Å²) in [5.74, 6) is 0. The van der Waals surface area contributed by atoms with Crippen molar-refractivity contribution in [1.82, 2.24) is 5.32 Å². The molecule has 1 aliphatic carbocycles. The Morgan fingerprint density at radius 2 is 2.00 bits per heavy atom. The maximum absolute atomic E-state index is 5.06. The van der Waals surface area contributed by atoms with Crippen molar-refractivity contribution < 1.29 is 4.74 Å². The van der Waals surface area contributed by atoms with Gasteiger partial charge in [-0.15, -0.1) is 0 Å². The fourth-order valence-corrected chi connectivity index (χ4v) is 2.29. The van der Waals surface area contributed by atoms with E-state index in [1.54, 1.807) is 7.11 Å². The summed E-state index contributed by atoms with van der Waals surface area (Å²) in [4.78, 5) is 0. The van der Waals surface area contributed by atoms with Gasteiger partial charge in [0.25, 0.3) is 0 Å². The van der Waals surface area contributed by atoms with Crippen LogP contribution in [0.15, 0.2) is 18.2 Å².